The number of para-hydroxylation sites is 1. The van der Waals surface area contributed by atoms with Gasteiger partial charge in [-0.25, -0.2) is 0 Å². The number of nitrogens with one attached hydrogen (secondary N) is 1. The molecule has 1 heterocycles. The first-order valence-electron chi connectivity index (χ1n) is 8.94. The van der Waals surface area contributed by atoms with Crippen LogP contribution in [0.25, 0.3) is 10.9 Å². The van der Waals surface area contributed by atoms with Gasteiger partial charge in [-0.05, 0) is 42.5 Å². The minimum atomic E-state index is 0.121. The number of H-pyrrole nitrogens is 1. The zero-order valence-corrected chi connectivity index (χ0v) is 14.9. The number of aromatic nitrogens is 1. The molecule has 3 aromatic rings. The number of aromatic amines is 1. The molecule has 0 radical (unpaired) electrons. The Balaban J connectivity index is 1.51. The number of carbonyl (C=O) groups is 1. The van der Waals surface area contributed by atoms with Gasteiger partial charge in [0.2, 0.25) is 5.91 Å². The van der Waals surface area contributed by atoms with Gasteiger partial charge >= 0.3 is 0 Å². The molecule has 1 N–H and O–H groups in total. The summed E-state index contributed by atoms with van der Waals surface area (Å²) in [4.78, 5) is 18.0. The van der Waals surface area contributed by atoms with Crippen molar-refractivity contribution in [1.82, 2.24) is 9.88 Å². The predicted molar refractivity (Wildman–Crippen MR) is 102 cm³/mol. The molecular weight excluding hydrogens is 308 g/mol. The molecule has 128 valence electrons. The molecule has 2 aromatic carbocycles. The van der Waals surface area contributed by atoms with E-state index in [-0.39, 0.29) is 11.3 Å². The molecule has 1 aliphatic rings. The Morgan fingerprint density at radius 1 is 1.12 bits per heavy atom. The van der Waals surface area contributed by atoms with E-state index in [0.29, 0.717) is 6.42 Å². The second-order valence-corrected chi connectivity index (χ2v) is 7.38. The van der Waals surface area contributed by atoms with Crippen LogP contribution in [0.3, 0.4) is 0 Å². The predicted octanol–water partition coefficient (Wildman–Crippen LogP) is 4.21. The highest BCUT2D eigenvalue weighted by Gasteiger charge is 2.47. The van der Waals surface area contributed by atoms with Gasteiger partial charge in [0.05, 0.1) is 6.42 Å². The Labute approximate surface area is 148 Å². The summed E-state index contributed by atoms with van der Waals surface area (Å²) in [5.41, 5.74) is 4.96. The minimum Gasteiger partial charge on any atom is -0.361 e. The van der Waals surface area contributed by atoms with Crippen molar-refractivity contribution in [3.63, 3.8) is 0 Å². The minimum absolute atomic E-state index is 0.121. The smallest absolute Gasteiger partial charge is 0.226 e. The molecule has 3 nitrogen and oxygen atoms in total. The summed E-state index contributed by atoms with van der Waals surface area (Å²) >= 11 is 0. The van der Waals surface area contributed by atoms with Gasteiger partial charge in [-0.15, -0.1) is 0 Å². The second-order valence-electron chi connectivity index (χ2n) is 7.38. The Morgan fingerprint density at radius 2 is 1.84 bits per heavy atom. The molecule has 0 aliphatic heterocycles. The monoisotopic (exact) mass is 332 g/mol. The summed E-state index contributed by atoms with van der Waals surface area (Å²) in [6.07, 6.45) is 4.91. The maximum Gasteiger partial charge on any atom is 0.226 e. The van der Waals surface area contributed by atoms with Gasteiger partial charge in [-0.1, -0.05) is 42.5 Å². The lowest BCUT2D eigenvalue weighted by Gasteiger charge is -2.24. The molecule has 0 unspecified atom stereocenters. The fourth-order valence-corrected chi connectivity index (χ4v) is 3.82. The Kier molecular flexibility index (Phi) is 3.87. The number of hydrogen-bond donors (Lipinski definition) is 1. The zero-order valence-electron chi connectivity index (χ0n) is 14.9. The number of rotatable bonds is 5. The van der Waals surface area contributed by atoms with E-state index >= 15 is 0 Å². The summed E-state index contributed by atoms with van der Waals surface area (Å²) in [5.74, 6) is 0.195. The molecule has 0 saturated heterocycles. The number of benzene rings is 2. The van der Waals surface area contributed by atoms with Crippen molar-refractivity contribution in [2.45, 2.75) is 31.6 Å². The van der Waals surface area contributed by atoms with Crippen molar-refractivity contribution in [3.05, 3.63) is 71.4 Å². The lowest BCUT2D eigenvalue weighted by Crippen LogP contribution is -2.35. The topological polar surface area (TPSA) is 36.1 Å². The van der Waals surface area contributed by atoms with Crippen LogP contribution in [0.1, 0.15) is 29.5 Å². The van der Waals surface area contributed by atoms with Crippen LogP contribution < -0.4 is 0 Å². The molecule has 1 fully saturated rings. The molecular formula is C22H24N2O. The first-order valence-corrected chi connectivity index (χ1v) is 8.94. The molecule has 0 atom stereocenters. The maximum absolute atomic E-state index is 12.7. The third-order valence-corrected chi connectivity index (χ3v) is 5.58. The number of amides is 1. The van der Waals surface area contributed by atoms with Crippen molar-refractivity contribution < 1.29 is 4.79 Å². The van der Waals surface area contributed by atoms with E-state index in [2.05, 4.69) is 48.4 Å². The highest BCUT2D eigenvalue weighted by Crippen LogP contribution is 2.50. The van der Waals surface area contributed by atoms with Crippen LogP contribution in [-0.2, 0) is 16.6 Å². The fourth-order valence-electron chi connectivity index (χ4n) is 3.82. The first kappa shape index (κ1) is 15.9. The zero-order chi connectivity index (χ0) is 17.4. The summed E-state index contributed by atoms with van der Waals surface area (Å²) in [5, 5.41) is 1.29. The third-order valence-electron chi connectivity index (χ3n) is 5.58. The van der Waals surface area contributed by atoms with Gasteiger partial charge in [0, 0.05) is 36.1 Å². The normalized spacial score (nSPS) is 15.3. The van der Waals surface area contributed by atoms with Gasteiger partial charge < -0.3 is 9.88 Å². The van der Waals surface area contributed by atoms with Gasteiger partial charge in [-0.2, -0.15) is 0 Å². The van der Waals surface area contributed by atoms with Gasteiger partial charge in [0.15, 0.2) is 0 Å². The third kappa shape index (κ3) is 2.95. The largest absolute Gasteiger partial charge is 0.361 e. The van der Waals surface area contributed by atoms with E-state index < -0.39 is 0 Å². The lowest BCUT2D eigenvalue weighted by atomic mass is 9.94. The van der Waals surface area contributed by atoms with Gasteiger partial charge in [0.25, 0.3) is 0 Å². The van der Waals surface area contributed by atoms with Crippen molar-refractivity contribution in [2.24, 2.45) is 0 Å². The van der Waals surface area contributed by atoms with Crippen LogP contribution in [0.4, 0.5) is 0 Å². The van der Waals surface area contributed by atoms with Crippen LogP contribution >= 0.6 is 0 Å². The van der Waals surface area contributed by atoms with E-state index in [9.17, 15) is 4.79 Å². The van der Waals surface area contributed by atoms with E-state index in [1.54, 1.807) is 0 Å². The number of likely N-dealkylation sites (N-methyl/N-ethyl adjacent to an activating group) is 1. The fraction of sp³-hybridized carbons (Fsp3) is 0.318. The molecule has 25 heavy (non-hydrogen) atoms. The van der Waals surface area contributed by atoms with E-state index in [1.165, 1.54) is 22.0 Å². The molecule has 1 aliphatic carbocycles. The number of nitrogens with zero attached hydrogens (tertiary/aromatic N) is 1. The first-order chi connectivity index (χ1) is 12.1. The van der Waals surface area contributed by atoms with Crippen LogP contribution in [0, 0.1) is 6.92 Å². The molecule has 1 aromatic heterocycles. The van der Waals surface area contributed by atoms with Crippen molar-refractivity contribution in [2.75, 3.05) is 13.6 Å². The molecule has 1 amide bonds. The van der Waals surface area contributed by atoms with Crippen molar-refractivity contribution in [3.8, 4) is 0 Å². The highest BCUT2D eigenvalue weighted by atomic mass is 16.2. The SMILES string of the molecule is Cc1ccccc1CC(=O)N(C)CC1(c2c[nH]c3ccccc23)CC1. The van der Waals surface area contributed by atoms with Gasteiger partial charge in [-0.3, -0.25) is 4.79 Å². The van der Waals surface area contributed by atoms with Crippen LogP contribution in [-0.4, -0.2) is 29.4 Å². The maximum atomic E-state index is 12.7. The quantitative estimate of drug-likeness (QED) is 0.746. The molecule has 3 heteroatoms. The summed E-state index contributed by atoms with van der Waals surface area (Å²) in [6, 6.07) is 16.6. The second kappa shape index (κ2) is 6.07. The highest BCUT2D eigenvalue weighted by molar-refractivity contribution is 5.85. The Bertz CT molecular complexity index is 920. The average Bonchev–Trinajstić information content (AvgIpc) is 3.25. The number of hydrogen-bond acceptors (Lipinski definition) is 1. The number of carbonyl (C=O) groups excluding carboxylic acids is 1. The van der Waals surface area contributed by atoms with Crippen LogP contribution in [0.5, 0.6) is 0 Å². The average molecular weight is 332 g/mol. The molecule has 1 saturated carbocycles. The summed E-state index contributed by atoms with van der Waals surface area (Å²) in [7, 11) is 1.94. The number of aryl methyl sites for hydroxylation is 1. The van der Waals surface area contributed by atoms with Crippen molar-refractivity contribution in [1.29, 1.82) is 0 Å². The standard InChI is InChI=1S/C22H24N2O/c1-16-7-3-4-8-17(16)13-21(25)24(2)15-22(11-12-22)19-14-23-20-10-6-5-9-18(19)20/h3-10,14,23H,11-13,15H2,1-2H3. The lowest BCUT2D eigenvalue weighted by molar-refractivity contribution is -0.129. The summed E-state index contributed by atoms with van der Waals surface area (Å²) < 4.78 is 0. The van der Waals surface area contributed by atoms with Gasteiger partial charge in [0.1, 0.15) is 0 Å². The van der Waals surface area contributed by atoms with Crippen molar-refractivity contribution >= 4 is 16.8 Å². The van der Waals surface area contributed by atoms with E-state index in [0.717, 1.165) is 24.9 Å². The van der Waals surface area contributed by atoms with E-state index in [1.807, 2.05) is 30.1 Å². The summed E-state index contributed by atoms with van der Waals surface area (Å²) in [6.45, 7) is 2.86. The van der Waals surface area contributed by atoms with Crippen LogP contribution in [0.15, 0.2) is 54.7 Å². The molecule has 0 bridgehead atoms. The Hall–Kier alpha value is -2.55. The number of fused-ring (bicyclic) bond motifs is 1. The molecule has 0 spiro atoms. The van der Waals surface area contributed by atoms with E-state index in [4.69, 9.17) is 0 Å². The Morgan fingerprint density at radius 3 is 2.60 bits per heavy atom. The van der Waals surface area contributed by atoms with Crippen LogP contribution in [0.2, 0.25) is 0 Å². The molecule has 4 rings (SSSR count).